The second-order valence-electron chi connectivity index (χ2n) is 5.33. The first-order valence-electron chi connectivity index (χ1n) is 7.91. The topological polar surface area (TPSA) is 101 Å². The molecule has 3 rings (SSSR count). The fraction of sp³-hybridized carbons (Fsp3) is 0.111. The lowest BCUT2D eigenvalue weighted by Crippen LogP contribution is -2.13. The number of anilines is 1. The van der Waals surface area contributed by atoms with Gasteiger partial charge in [-0.1, -0.05) is 29.8 Å². The lowest BCUT2D eigenvalue weighted by Gasteiger charge is -2.12. The van der Waals surface area contributed by atoms with Gasteiger partial charge in [0.05, 0.1) is 19.5 Å². The number of nitrogens with one attached hydrogen (secondary N) is 2. The minimum Gasteiger partial charge on any atom is -0.493 e. The zero-order valence-electron chi connectivity index (χ0n) is 14.3. The number of benzene rings is 2. The number of aromatic amines is 1. The summed E-state index contributed by atoms with van der Waals surface area (Å²) in [7, 11) is 1.57. The molecule has 1 aromatic heterocycles. The van der Waals surface area contributed by atoms with Crippen molar-refractivity contribution in [3.63, 3.8) is 0 Å². The van der Waals surface area contributed by atoms with E-state index in [2.05, 4.69) is 25.7 Å². The highest BCUT2D eigenvalue weighted by atomic mass is 35.5. The molecule has 0 amide bonds. The zero-order chi connectivity index (χ0) is 19.1. The smallest absolute Gasteiger partial charge is 0.363 e. The summed E-state index contributed by atoms with van der Waals surface area (Å²) >= 11 is 6.16. The van der Waals surface area contributed by atoms with Crippen molar-refractivity contribution in [2.45, 2.75) is 6.61 Å². The molecule has 27 heavy (non-hydrogen) atoms. The van der Waals surface area contributed by atoms with Crippen LogP contribution in [0.4, 0.5) is 5.82 Å². The number of hydrogen-bond acceptors (Lipinski definition) is 7. The third kappa shape index (κ3) is 5.05. The second-order valence-corrected chi connectivity index (χ2v) is 5.74. The number of nitrogens with zero attached hydrogens (tertiary/aromatic N) is 3. The van der Waals surface area contributed by atoms with Gasteiger partial charge in [-0.3, -0.25) is 5.43 Å². The summed E-state index contributed by atoms with van der Waals surface area (Å²) in [5, 5.41) is 10.5. The molecule has 0 atom stereocenters. The second kappa shape index (κ2) is 8.81. The van der Waals surface area contributed by atoms with Crippen LogP contribution in [0.1, 0.15) is 11.1 Å². The highest BCUT2D eigenvalue weighted by molar-refractivity contribution is 6.31. The molecule has 0 spiro atoms. The van der Waals surface area contributed by atoms with Crippen molar-refractivity contribution in [3.05, 3.63) is 75.3 Å². The standard InChI is InChI=1S/C18H16ClN5O3/c1-26-15-7-6-12(9-20-23-17-10-21-24-18(25)22-17)8-16(15)27-11-13-4-2-3-5-14(13)19/h2-10H,11H2,1H3,(H2,22,23,24,25)/b20-9+. The Hall–Kier alpha value is -3.39. The van der Waals surface area contributed by atoms with E-state index in [4.69, 9.17) is 21.1 Å². The Morgan fingerprint density at radius 2 is 2.11 bits per heavy atom. The van der Waals surface area contributed by atoms with Gasteiger partial charge in [0.1, 0.15) is 6.61 Å². The van der Waals surface area contributed by atoms with Gasteiger partial charge in [0, 0.05) is 10.6 Å². The van der Waals surface area contributed by atoms with E-state index >= 15 is 0 Å². The van der Waals surface area contributed by atoms with Crippen LogP contribution in [0.5, 0.6) is 11.5 Å². The fourth-order valence-electron chi connectivity index (χ4n) is 2.20. The van der Waals surface area contributed by atoms with Crippen LogP contribution in [-0.4, -0.2) is 28.5 Å². The van der Waals surface area contributed by atoms with Crippen LogP contribution in [-0.2, 0) is 6.61 Å². The van der Waals surface area contributed by atoms with Gasteiger partial charge in [-0.2, -0.15) is 15.2 Å². The number of ether oxygens (including phenoxy) is 2. The molecular formula is C18H16ClN5O3. The van der Waals surface area contributed by atoms with Crippen molar-refractivity contribution in [3.8, 4) is 11.5 Å². The summed E-state index contributed by atoms with van der Waals surface area (Å²) in [6.45, 7) is 0.303. The molecule has 0 aliphatic carbocycles. The molecule has 9 heteroatoms. The Morgan fingerprint density at radius 1 is 1.26 bits per heavy atom. The monoisotopic (exact) mass is 385 g/mol. The molecule has 3 aromatic rings. The SMILES string of the molecule is COc1ccc(/C=N/Nc2cn[nH]c(=O)n2)cc1OCc1ccccc1Cl. The van der Waals surface area contributed by atoms with Crippen LogP contribution in [0.25, 0.3) is 0 Å². The van der Waals surface area contributed by atoms with E-state index < -0.39 is 5.69 Å². The quantitative estimate of drug-likeness (QED) is 0.479. The van der Waals surface area contributed by atoms with Crippen LogP contribution in [0.15, 0.2) is 58.6 Å². The van der Waals surface area contributed by atoms with E-state index in [0.717, 1.165) is 11.1 Å². The lowest BCUT2D eigenvalue weighted by molar-refractivity contribution is 0.284. The Balaban J connectivity index is 1.72. The van der Waals surface area contributed by atoms with E-state index in [-0.39, 0.29) is 5.82 Å². The molecule has 138 valence electrons. The number of hydrogen-bond donors (Lipinski definition) is 2. The van der Waals surface area contributed by atoms with Crippen molar-refractivity contribution < 1.29 is 9.47 Å². The lowest BCUT2D eigenvalue weighted by atomic mass is 10.2. The first-order chi connectivity index (χ1) is 13.2. The van der Waals surface area contributed by atoms with E-state index in [0.29, 0.717) is 23.1 Å². The van der Waals surface area contributed by atoms with Gasteiger partial charge < -0.3 is 9.47 Å². The van der Waals surface area contributed by atoms with Gasteiger partial charge in [-0.15, -0.1) is 0 Å². The van der Waals surface area contributed by atoms with Gasteiger partial charge in [0.15, 0.2) is 17.3 Å². The summed E-state index contributed by atoms with van der Waals surface area (Å²) in [5.74, 6) is 1.38. The average molecular weight is 386 g/mol. The molecule has 0 unspecified atom stereocenters. The Labute approximate surface area is 159 Å². The highest BCUT2D eigenvalue weighted by Gasteiger charge is 2.07. The molecule has 2 aromatic carbocycles. The molecule has 2 N–H and O–H groups in total. The summed E-state index contributed by atoms with van der Waals surface area (Å²) in [6.07, 6.45) is 2.91. The van der Waals surface area contributed by atoms with E-state index in [1.165, 1.54) is 6.20 Å². The summed E-state index contributed by atoms with van der Waals surface area (Å²) in [5.41, 5.74) is 3.70. The van der Waals surface area contributed by atoms with Crippen molar-refractivity contribution >= 4 is 23.6 Å². The van der Waals surface area contributed by atoms with Gasteiger partial charge in [0.2, 0.25) is 0 Å². The number of hydrazone groups is 1. The minimum atomic E-state index is -0.560. The summed E-state index contributed by atoms with van der Waals surface area (Å²) in [6, 6.07) is 12.8. The third-order valence-corrected chi connectivity index (χ3v) is 3.86. The van der Waals surface area contributed by atoms with Crippen LogP contribution < -0.4 is 20.6 Å². The van der Waals surface area contributed by atoms with Gasteiger partial charge in [-0.25, -0.2) is 9.89 Å². The van der Waals surface area contributed by atoms with Crippen molar-refractivity contribution in [2.75, 3.05) is 12.5 Å². The minimum absolute atomic E-state index is 0.235. The molecule has 0 fully saturated rings. The van der Waals surface area contributed by atoms with Crippen molar-refractivity contribution in [1.29, 1.82) is 0 Å². The Kier molecular flexibility index (Phi) is 6.01. The number of rotatable bonds is 7. The maximum absolute atomic E-state index is 11.1. The molecule has 8 nitrogen and oxygen atoms in total. The molecule has 0 bridgehead atoms. The number of aromatic nitrogens is 3. The summed E-state index contributed by atoms with van der Waals surface area (Å²) < 4.78 is 11.2. The van der Waals surface area contributed by atoms with Crippen LogP contribution in [0.3, 0.4) is 0 Å². The van der Waals surface area contributed by atoms with Gasteiger partial charge in [-0.05, 0) is 29.8 Å². The molecule has 0 saturated carbocycles. The average Bonchev–Trinajstić information content (AvgIpc) is 2.67. The van der Waals surface area contributed by atoms with Crippen LogP contribution in [0.2, 0.25) is 5.02 Å². The van der Waals surface area contributed by atoms with E-state index in [1.807, 2.05) is 30.3 Å². The maximum atomic E-state index is 11.1. The maximum Gasteiger partial charge on any atom is 0.363 e. The first-order valence-corrected chi connectivity index (χ1v) is 8.28. The summed E-state index contributed by atoms with van der Waals surface area (Å²) in [4.78, 5) is 14.8. The van der Waals surface area contributed by atoms with Crippen molar-refractivity contribution in [2.24, 2.45) is 5.10 Å². The van der Waals surface area contributed by atoms with Crippen LogP contribution in [0, 0.1) is 0 Å². The molecular weight excluding hydrogens is 370 g/mol. The predicted molar refractivity (Wildman–Crippen MR) is 103 cm³/mol. The molecule has 0 radical (unpaired) electrons. The van der Waals surface area contributed by atoms with Crippen LogP contribution >= 0.6 is 11.6 Å². The number of methoxy groups -OCH3 is 1. The van der Waals surface area contributed by atoms with Crippen molar-refractivity contribution in [1.82, 2.24) is 15.2 Å². The number of halogens is 1. The largest absolute Gasteiger partial charge is 0.493 e. The van der Waals surface area contributed by atoms with Gasteiger partial charge in [0.25, 0.3) is 0 Å². The fourth-order valence-corrected chi connectivity index (χ4v) is 2.39. The normalized spacial score (nSPS) is 10.7. The molecule has 0 aliphatic heterocycles. The number of H-pyrrole nitrogens is 1. The Bertz CT molecular complexity index is 1010. The predicted octanol–water partition coefficient (Wildman–Crippen LogP) is 2.85. The molecule has 0 aliphatic rings. The first kappa shape index (κ1) is 18.4. The Morgan fingerprint density at radius 3 is 2.89 bits per heavy atom. The zero-order valence-corrected chi connectivity index (χ0v) is 15.1. The molecule has 0 saturated heterocycles. The third-order valence-electron chi connectivity index (χ3n) is 3.49. The highest BCUT2D eigenvalue weighted by Crippen LogP contribution is 2.29. The van der Waals surface area contributed by atoms with E-state index in [9.17, 15) is 4.79 Å². The molecule has 1 heterocycles. The van der Waals surface area contributed by atoms with Gasteiger partial charge >= 0.3 is 5.69 Å². The van der Waals surface area contributed by atoms with E-state index in [1.54, 1.807) is 25.5 Å².